The number of amides is 3. The summed E-state index contributed by atoms with van der Waals surface area (Å²) in [6.07, 6.45) is 2.26. The average Bonchev–Trinajstić information content (AvgIpc) is 2.74. The van der Waals surface area contributed by atoms with Gasteiger partial charge >= 0.3 is 0 Å². The van der Waals surface area contributed by atoms with E-state index in [2.05, 4.69) is 33.9 Å². The molecule has 0 unspecified atom stereocenters. The van der Waals surface area contributed by atoms with E-state index >= 15 is 0 Å². The molecule has 0 aromatic heterocycles. The van der Waals surface area contributed by atoms with Crippen molar-refractivity contribution in [1.82, 2.24) is 21.3 Å². The summed E-state index contributed by atoms with van der Waals surface area (Å²) in [6.45, 7) is -0.0215. The van der Waals surface area contributed by atoms with E-state index in [0.717, 1.165) is 0 Å². The molecule has 0 spiro atoms. The number of hydrogen-bond donors (Lipinski definition) is 8. The fourth-order valence-corrected chi connectivity index (χ4v) is 2.73. The Bertz CT molecular complexity index is 774. The van der Waals surface area contributed by atoms with Crippen molar-refractivity contribution in [3.8, 4) is 5.75 Å². The fraction of sp³-hybridized carbons (Fsp3) is 0.421. The third-order valence-corrected chi connectivity index (χ3v) is 4.41. The second-order valence-corrected chi connectivity index (χ2v) is 6.87. The highest BCUT2D eigenvalue weighted by molar-refractivity contribution is 7.81. The average molecular weight is 452 g/mol. The van der Waals surface area contributed by atoms with E-state index in [-0.39, 0.29) is 36.8 Å². The molecular weight excluding hydrogens is 424 g/mol. The van der Waals surface area contributed by atoms with Crippen molar-refractivity contribution < 1.29 is 24.3 Å². The van der Waals surface area contributed by atoms with Crippen molar-refractivity contribution in [3.05, 3.63) is 29.8 Å². The van der Waals surface area contributed by atoms with Crippen molar-refractivity contribution in [1.29, 1.82) is 5.41 Å². The van der Waals surface area contributed by atoms with E-state index in [1.54, 1.807) is 18.4 Å². The van der Waals surface area contributed by atoms with Crippen molar-refractivity contribution >= 4 is 42.6 Å². The Kier molecular flexibility index (Phi) is 11.5. The van der Waals surface area contributed by atoms with Gasteiger partial charge in [0.1, 0.15) is 17.8 Å². The lowest BCUT2D eigenvalue weighted by atomic mass is 10.0. The number of rotatable bonds is 13. The number of hydrogen-bond acceptors (Lipinski definition) is 7. The number of guanidine groups is 1. The van der Waals surface area contributed by atoms with Crippen LogP contribution in [0.1, 0.15) is 18.4 Å². The lowest BCUT2D eigenvalue weighted by Gasteiger charge is -2.23. The van der Waals surface area contributed by atoms with Crippen LogP contribution in [-0.2, 0) is 25.6 Å². The number of thiol groups is 1. The molecule has 1 rings (SSSR count). The molecule has 8 N–H and O–H groups in total. The van der Waals surface area contributed by atoms with E-state index in [1.807, 2.05) is 0 Å². The number of nitrogens with one attached hydrogen (secondary N) is 5. The first-order chi connectivity index (χ1) is 14.8. The van der Waals surface area contributed by atoms with Gasteiger partial charge in [0.15, 0.2) is 5.96 Å². The van der Waals surface area contributed by atoms with Crippen LogP contribution in [0.2, 0.25) is 0 Å². The lowest BCUT2D eigenvalue weighted by molar-refractivity contribution is -0.131. The fourth-order valence-electron chi connectivity index (χ4n) is 2.63. The van der Waals surface area contributed by atoms with Crippen LogP contribution in [0.5, 0.6) is 5.75 Å². The summed E-state index contributed by atoms with van der Waals surface area (Å²) in [5.41, 5.74) is 5.90. The molecule has 0 fully saturated rings. The maximum absolute atomic E-state index is 12.9. The van der Waals surface area contributed by atoms with E-state index in [1.165, 1.54) is 12.1 Å². The standard InChI is InChI=1S/C19H27N6O5S/c20-19(21)23-7-1-2-14(17(29)22-8-9-26)25-18(30)15(24-16(28)11-31)10-12-3-5-13(27)6-4-12/h3-6,14-15,27,31H,1-2,7-8,10-11H2,(H,22,29)(H,24,28)(H,25,30)(H4,20,21,23)/t14-,15+/m0/s1. The molecule has 31 heavy (non-hydrogen) atoms. The molecular formula is C19H27N6O5S. The minimum absolute atomic E-state index is 0.0621. The molecule has 12 heteroatoms. The third-order valence-electron chi connectivity index (χ3n) is 4.12. The SMILES string of the molecule is N=C(N)NCCC[C@H](NC(=O)[C@@H](Cc1ccc(O)cc1)NC(=O)CS)C(=O)NC[C]=O. The minimum Gasteiger partial charge on any atom is -0.508 e. The number of nitrogens with two attached hydrogens (primary N) is 1. The van der Waals surface area contributed by atoms with Gasteiger partial charge in [0.2, 0.25) is 24.0 Å². The molecule has 11 nitrogen and oxygen atoms in total. The quantitative estimate of drug-likeness (QED) is 0.0761. The Morgan fingerprint density at radius 3 is 2.35 bits per heavy atom. The first-order valence-corrected chi connectivity index (χ1v) is 10.1. The molecule has 0 saturated carbocycles. The van der Waals surface area contributed by atoms with Crippen LogP contribution in [0, 0.1) is 5.41 Å². The molecule has 169 valence electrons. The van der Waals surface area contributed by atoms with Crippen LogP contribution in [-0.4, -0.2) is 66.0 Å². The molecule has 0 aliphatic heterocycles. The zero-order valence-corrected chi connectivity index (χ0v) is 17.7. The van der Waals surface area contributed by atoms with Gasteiger partial charge in [0.25, 0.3) is 0 Å². The molecule has 0 saturated heterocycles. The number of carbonyl (C=O) groups is 3. The van der Waals surface area contributed by atoms with E-state index in [0.29, 0.717) is 18.5 Å². The lowest BCUT2D eigenvalue weighted by Crippen LogP contribution is -2.54. The predicted octanol–water partition coefficient (Wildman–Crippen LogP) is -1.68. The first kappa shape index (κ1) is 25.8. The van der Waals surface area contributed by atoms with Crippen LogP contribution in [0.4, 0.5) is 0 Å². The second-order valence-electron chi connectivity index (χ2n) is 6.55. The molecule has 1 aromatic rings. The highest BCUT2D eigenvalue weighted by atomic mass is 32.1. The molecule has 0 aliphatic carbocycles. The maximum Gasteiger partial charge on any atom is 0.243 e. The molecule has 0 heterocycles. The zero-order chi connectivity index (χ0) is 23.2. The summed E-state index contributed by atoms with van der Waals surface area (Å²) >= 11 is 3.90. The number of aromatic hydroxyl groups is 1. The highest BCUT2D eigenvalue weighted by Gasteiger charge is 2.26. The molecule has 0 aliphatic rings. The topological polar surface area (TPSA) is 186 Å². The maximum atomic E-state index is 12.9. The summed E-state index contributed by atoms with van der Waals surface area (Å²) in [7, 11) is 0. The first-order valence-electron chi connectivity index (χ1n) is 9.46. The van der Waals surface area contributed by atoms with Crippen molar-refractivity contribution in [3.63, 3.8) is 0 Å². The van der Waals surface area contributed by atoms with Gasteiger partial charge in [-0.1, -0.05) is 12.1 Å². The third kappa shape index (κ3) is 10.3. The van der Waals surface area contributed by atoms with Gasteiger partial charge in [-0.25, -0.2) is 0 Å². The monoisotopic (exact) mass is 451 g/mol. The van der Waals surface area contributed by atoms with Crippen LogP contribution < -0.4 is 27.0 Å². The molecule has 1 aromatic carbocycles. The van der Waals surface area contributed by atoms with Crippen LogP contribution >= 0.6 is 12.6 Å². The van der Waals surface area contributed by atoms with Crippen LogP contribution in [0.3, 0.4) is 0 Å². The Hall–Kier alpha value is -3.28. The Labute approximate surface area is 185 Å². The summed E-state index contributed by atoms with van der Waals surface area (Å²) in [6, 6.07) is 4.16. The summed E-state index contributed by atoms with van der Waals surface area (Å²) in [5, 5.41) is 26.6. The van der Waals surface area contributed by atoms with Crippen LogP contribution in [0.15, 0.2) is 24.3 Å². The van der Waals surface area contributed by atoms with Crippen molar-refractivity contribution in [2.45, 2.75) is 31.3 Å². The largest absolute Gasteiger partial charge is 0.508 e. The van der Waals surface area contributed by atoms with E-state index in [9.17, 15) is 24.3 Å². The Morgan fingerprint density at radius 2 is 1.77 bits per heavy atom. The normalized spacial score (nSPS) is 12.2. The highest BCUT2D eigenvalue weighted by Crippen LogP contribution is 2.12. The van der Waals surface area contributed by atoms with Gasteiger partial charge in [-0.15, -0.1) is 0 Å². The zero-order valence-electron chi connectivity index (χ0n) is 16.8. The Balaban J connectivity index is 2.89. The molecule has 1 radical (unpaired) electrons. The Morgan fingerprint density at radius 1 is 1.10 bits per heavy atom. The molecule has 3 amide bonds. The number of phenolic OH excluding ortho intramolecular Hbond substituents is 1. The van der Waals surface area contributed by atoms with Gasteiger partial charge in [-0.3, -0.25) is 24.6 Å². The summed E-state index contributed by atoms with van der Waals surface area (Å²) in [4.78, 5) is 47.5. The molecule has 2 atom stereocenters. The number of carbonyl (C=O) groups excluding carboxylic acids is 4. The smallest absolute Gasteiger partial charge is 0.243 e. The number of phenols is 1. The van der Waals surface area contributed by atoms with Gasteiger partial charge < -0.3 is 32.1 Å². The van der Waals surface area contributed by atoms with Gasteiger partial charge in [0.05, 0.1) is 12.3 Å². The summed E-state index contributed by atoms with van der Waals surface area (Å²) < 4.78 is 0. The van der Waals surface area contributed by atoms with E-state index < -0.39 is 29.8 Å². The van der Waals surface area contributed by atoms with Gasteiger partial charge in [-0.2, -0.15) is 12.6 Å². The van der Waals surface area contributed by atoms with Crippen molar-refractivity contribution in [2.75, 3.05) is 18.8 Å². The number of benzene rings is 1. The summed E-state index contributed by atoms with van der Waals surface area (Å²) in [5.74, 6) is -1.93. The predicted molar refractivity (Wildman–Crippen MR) is 117 cm³/mol. The second kappa shape index (κ2) is 13.9. The van der Waals surface area contributed by atoms with E-state index in [4.69, 9.17) is 11.1 Å². The van der Waals surface area contributed by atoms with Gasteiger partial charge in [-0.05, 0) is 30.5 Å². The van der Waals surface area contributed by atoms with Crippen molar-refractivity contribution in [2.24, 2.45) is 5.73 Å². The minimum atomic E-state index is -0.993. The van der Waals surface area contributed by atoms with Crippen LogP contribution in [0.25, 0.3) is 0 Å². The van der Waals surface area contributed by atoms with Gasteiger partial charge in [0, 0.05) is 13.0 Å². The molecule has 0 bridgehead atoms.